The predicted molar refractivity (Wildman–Crippen MR) is 97.4 cm³/mol. The van der Waals surface area contributed by atoms with Gasteiger partial charge in [-0.1, -0.05) is 17.7 Å². The number of nitrogens with one attached hydrogen (secondary N) is 2. The zero-order chi connectivity index (χ0) is 18.4. The predicted octanol–water partition coefficient (Wildman–Crippen LogP) is 2.48. The van der Waals surface area contributed by atoms with Crippen LogP contribution in [0.4, 0.5) is 5.69 Å². The molecule has 0 atom stereocenters. The molecule has 0 radical (unpaired) electrons. The van der Waals surface area contributed by atoms with Crippen molar-refractivity contribution in [2.75, 3.05) is 25.0 Å². The van der Waals surface area contributed by atoms with Gasteiger partial charge in [0.15, 0.2) is 0 Å². The molecular weight excluding hydrogens is 340 g/mol. The van der Waals surface area contributed by atoms with Crippen molar-refractivity contribution in [3.05, 3.63) is 59.2 Å². The van der Waals surface area contributed by atoms with E-state index in [2.05, 4.69) is 10.0 Å². The molecule has 2 rings (SSSR count). The molecule has 0 fully saturated rings. The molecule has 0 aromatic heterocycles. The molecule has 0 saturated heterocycles. The standard InChI is InChI=1S/C18H22N2O4S/c1-13-4-9-17(14(2)12-13)20-25(22,23)16-7-5-15(6-8-16)18(21)19-10-11-24-3/h4-9,12,20H,10-11H2,1-3H3,(H,19,21). The highest BCUT2D eigenvalue weighted by Gasteiger charge is 2.16. The van der Waals surface area contributed by atoms with Gasteiger partial charge in [0.2, 0.25) is 0 Å². The first-order valence-electron chi connectivity index (χ1n) is 7.81. The number of hydrogen-bond donors (Lipinski definition) is 2. The molecule has 1 amide bonds. The van der Waals surface area contributed by atoms with Crippen LogP contribution in [0.25, 0.3) is 0 Å². The summed E-state index contributed by atoms with van der Waals surface area (Å²) in [5.74, 6) is -0.275. The second-order valence-corrected chi connectivity index (χ2v) is 7.38. The maximum Gasteiger partial charge on any atom is 0.261 e. The Balaban J connectivity index is 2.13. The van der Waals surface area contributed by atoms with Crippen LogP contribution in [0, 0.1) is 13.8 Å². The van der Waals surface area contributed by atoms with Crippen LogP contribution in [0.5, 0.6) is 0 Å². The van der Waals surface area contributed by atoms with E-state index in [-0.39, 0.29) is 10.8 Å². The largest absolute Gasteiger partial charge is 0.383 e. The lowest BCUT2D eigenvalue weighted by Crippen LogP contribution is -2.26. The van der Waals surface area contributed by atoms with Crippen LogP contribution in [-0.4, -0.2) is 34.6 Å². The quantitative estimate of drug-likeness (QED) is 0.741. The molecule has 0 spiro atoms. The number of aryl methyl sites for hydroxylation is 2. The van der Waals surface area contributed by atoms with Crippen LogP contribution in [0.15, 0.2) is 47.4 Å². The minimum Gasteiger partial charge on any atom is -0.383 e. The molecule has 0 saturated carbocycles. The summed E-state index contributed by atoms with van der Waals surface area (Å²) < 4.78 is 32.4. The van der Waals surface area contributed by atoms with Crippen molar-refractivity contribution in [1.29, 1.82) is 0 Å². The fourth-order valence-electron chi connectivity index (χ4n) is 2.29. The average molecular weight is 362 g/mol. The van der Waals surface area contributed by atoms with Gasteiger partial charge < -0.3 is 10.1 Å². The van der Waals surface area contributed by atoms with Gasteiger partial charge in [-0.05, 0) is 49.7 Å². The molecule has 0 heterocycles. The van der Waals surface area contributed by atoms with Gasteiger partial charge in [-0.2, -0.15) is 0 Å². The van der Waals surface area contributed by atoms with E-state index < -0.39 is 10.0 Å². The Morgan fingerprint density at radius 3 is 2.36 bits per heavy atom. The number of carbonyl (C=O) groups is 1. The molecule has 0 aliphatic rings. The minimum atomic E-state index is -3.71. The van der Waals surface area contributed by atoms with Crippen molar-refractivity contribution >= 4 is 21.6 Å². The molecule has 7 heteroatoms. The highest BCUT2D eigenvalue weighted by molar-refractivity contribution is 7.92. The highest BCUT2D eigenvalue weighted by Crippen LogP contribution is 2.21. The van der Waals surface area contributed by atoms with Crippen molar-refractivity contribution in [2.45, 2.75) is 18.7 Å². The van der Waals surface area contributed by atoms with E-state index in [4.69, 9.17) is 4.74 Å². The summed E-state index contributed by atoms with van der Waals surface area (Å²) in [4.78, 5) is 12.0. The van der Waals surface area contributed by atoms with Crippen molar-refractivity contribution in [3.63, 3.8) is 0 Å². The third-order valence-corrected chi connectivity index (χ3v) is 5.03. The molecule has 2 aromatic rings. The third kappa shape index (κ3) is 5.04. The zero-order valence-corrected chi connectivity index (χ0v) is 15.3. The van der Waals surface area contributed by atoms with Crippen LogP contribution in [0.3, 0.4) is 0 Å². The van der Waals surface area contributed by atoms with Gasteiger partial charge in [0.25, 0.3) is 15.9 Å². The first kappa shape index (κ1) is 19.0. The van der Waals surface area contributed by atoms with E-state index >= 15 is 0 Å². The fraction of sp³-hybridized carbons (Fsp3) is 0.278. The van der Waals surface area contributed by atoms with E-state index in [1.54, 1.807) is 13.2 Å². The summed E-state index contributed by atoms with van der Waals surface area (Å²) >= 11 is 0. The van der Waals surface area contributed by atoms with Gasteiger partial charge in [-0.3, -0.25) is 9.52 Å². The first-order chi connectivity index (χ1) is 11.8. The molecule has 0 unspecified atom stereocenters. The molecule has 6 nitrogen and oxygen atoms in total. The lowest BCUT2D eigenvalue weighted by atomic mass is 10.1. The fourth-order valence-corrected chi connectivity index (χ4v) is 3.42. The van der Waals surface area contributed by atoms with Gasteiger partial charge in [0.05, 0.1) is 17.2 Å². The third-order valence-electron chi connectivity index (χ3n) is 3.64. The van der Waals surface area contributed by atoms with Gasteiger partial charge in [-0.15, -0.1) is 0 Å². The second-order valence-electron chi connectivity index (χ2n) is 5.70. The maximum atomic E-state index is 12.5. The van der Waals surface area contributed by atoms with E-state index in [1.165, 1.54) is 24.3 Å². The van der Waals surface area contributed by atoms with E-state index in [1.807, 2.05) is 26.0 Å². The number of amides is 1. The van der Waals surface area contributed by atoms with Crippen molar-refractivity contribution < 1.29 is 17.9 Å². The Kier molecular flexibility index (Phi) is 6.17. The number of methoxy groups -OCH3 is 1. The monoisotopic (exact) mass is 362 g/mol. The summed E-state index contributed by atoms with van der Waals surface area (Å²) in [6.07, 6.45) is 0. The van der Waals surface area contributed by atoms with Crippen molar-refractivity contribution in [3.8, 4) is 0 Å². The van der Waals surface area contributed by atoms with Crippen molar-refractivity contribution in [1.82, 2.24) is 5.32 Å². The smallest absolute Gasteiger partial charge is 0.261 e. The Labute approximate surface area is 148 Å². The number of anilines is 1. The topological polar surface area (TPSA) is 84.5 Å². The number of ether oxygens (including phenoxy) is 1. The summed E-state index contributed by atoms with van der Waals surface area (Å²) in [5.41, 5.74) is 2.83. The Bertz CT molecular complexity index is 846. The molecule has 2 aromatic carbocycles. The number of rotatable bonds is 7. The lowest BCUT2D eigenvalue weighted by molar-refractivity contribution is 0.0937. The van der Waals surface area contributed by atoms with E-state index in [9.17, 15) is 13.2 Å². The molecule has 25 heavy (non-hydrogen) atoms. The first-order valence-corrected chi connectivity index (χ1v) is 9.29. The average Bonchev–Trinajstić information content (AvgIpc) is 2.57. The van der Waals surface area contributed by atoms with E-state index in [0.29, 0.717) is 24.4 Å². The molecule has 2 N–H and O–H groups in total. The van der Waals surface area contributed by atoms with Crippen LogP contribution in [0.1, 0.15) is 21.5 Å². The number of sulfonamides is 1. The van der Waals surface area contributed by atoms with Crippen LogP contribution in [-0.2, 0) is 14.8 Å². The highest BCUT2D eigenvalue weighted by atomic mass is 32.2. The van der Waals surface area contributed by atoms with Gasteiger partial charge >= 0.3 is 0 Å². The summed E-state index contributed by atoms with van der Waals surface area (Å²) in [6.45, 7) is 4.60. The Hall–Kier alpha value is -2.38. The normalized spacial score (nSPS) is 11.2. The zero-order valence-electron chi connectivity index (χ0n) is 14.5. The van der Waals surface area contributed by atoms with Gasteiger partial charge in [0, 0.05) is 19.2 Å². The number of benzene rings is 2. The Morgan fingerprint density at radius 2 is 1.76 bits per heavy atom. The second kappa shape index (κ2) is 8.13. The van der Waals surface area contributed by atoms with Crippen LogP contribution >= 0.6 is 0 Å². The summed E-state index contributed by atoms with van der Waals surface area (Å²) in [5, 5.41) is 2.68. The van der Waals surface area contributed by atoms with Gasteiger partial charge in [-0.25, -0.2) is 8.42 Å². The summed E-state index contributed by atoms with van der Waals surface area (Å²) in [7, 11) is -2.16. The summed E-state index contributed by atoms with van der Waals surface area (Å²) in [6, 6.07) is 11.3. The van der Waals surface area contributed by atoms with Gasteiger partial charge in [0.1, 0.15) is 0 Å². The van der Waals surface area contributed by atoms with Crippen LogP contribution in [0.2, 0.25) is 0 Å². The molecule has 0 aliphatic carbocycles. The molecule has 0 aliphatic heterocycles. The van der Waals surface area contributed by atoms with E-state index in [0.717, 1.165) is 11.1 Å². The lowest BCUT2D eigenvalue weighted by Gasteiger charge is -2.11. The molecule has 134 valence electrons. The minimum absolute atomic E-state index is 0.0981. The molecular formula is C18H22N2O4S. The maximum absolute atomic E-state index is 12.5. The molecule has 0 bridgehead atoms. The van der Waals surface area contributed by atoms with Crippen molar-refractivity contribution in [2.24, 2.45) is 0 Å². The number of hydrogen-bond acceptors (Lipinski definition) is 4. The SMILES string of the molecule is COCCNC(=O)c1ccc(S(=O)(=O)Nc2ccc(C)cc2C)cc1. The van der Waals surface area contributed by atoms with Crippen LogP contribution < -0.4 is 10.0 Å². The Morgan fingerprint density at radius 1 is 1.08 bits per heavy atom. The number of carbonyl (C=O) groups excluding carboxylic acids is 1.